The van der Waals surface area contributed by atoms with Crippen molar-refractivity contribution in [1.82, 2.24) is 29.8 Å². The number of thiazole rings is 1. The summed E-state index contributed by atoms with van der Waals surface area (Å²) in [7, 11) is 1.95. The number of anilines is 1. The topological polar surface area (TPSA) is 123 Å². The molecule has 1 atom stereocenters. The number of carbonyl (C=O) groups excluding carboxylic acids is 1. The minimum atomic E-state index is -0.552. The molecular formula is C25H25FN8O2S. The lowest BCUT2D eigenvalue weighted by molar-refractivity contribution is 0.0946. The van der Waals surface area contributed by atoms with Gasteiger partial charge in [0, 0.05) is 38.3 Å². The number of aliphatic hydroxyl groups is 1. The van der Waals surface area contributed by atoms with Gasteiger partial charge in [0.15, 0.2) is 5.65 Å². The molecule has 12 heteroatoms. The Morgan fingerprint density at radius 3 is 2.84 bits per heavy atom. The highest BCUT2D eigenvalue weighted by Crippen LogP contribution is 2.29. The van der Waals surface area contributed by atoms with Crippen molar-refractivity contribution >= 4 is 28.7 Å². The number of halogens is 1. The van der Waals surface area contributed by atoms with E-state index in [9.17, 15) is 14.3 Å². The van der Waals surface area contributed by atoms with Crippen LogP contribution in [0.25, 0.3) is 17.0 Å². The van der Waals surface area contributed by atoms with Gasteiger partial charge in [-0.25, -0.2) is 14.4 Å². The second-order valence-electron chi connectivity index (χ2n) is 8.84. The first-order valence-corrected chi connectivity index (χ1v) is 12.6. The molecular weight excluding hydrogens is 495 g/mol. The molecule has 5 rings (SSSR count). The molecule has 0 saturated carbocycles. The quantitative estimate of drug-likeness (QED) is 0.380. The second-order valence-corrected chi connectivity index (χ2v) is 9.78. The SMILES string of the molecule is CN1CCN(c2cc(C(=O)NCc3ccc(C#N)cc3)nc3cc(-c4ncsc4CO)nn23)[C@H](CF)C1. The molecule has 1 aromatic carbocycles. The van der Waals surface area contributed by atoms with Crippen LogP contribution in [0, 0.1) is 11.3 Å². The van der Waals surface area contributed by atoms with Crippen LogP contribution in [0.2, 0.25) is 0 Å². The van der Waals surface area contributed by atoms with Crippen molar-refractivity contribution in [3.8, 4) is 17.5 Å². The lowest BCUT2D eigenvalue weighted by atomic mass is 10.1. The van der Waals surface area contributed by atoms with Crippen LogP contribution < -0.4 is 10.2 Å². The van der Waals surface area contributed by atoms with Crippen molar-refractivity contribution in [1.29, 1.82) is 5.26 Å². The molecule has 3 aromatic heterocycles. The van der Waals surface area contributed by atoms with Crippen LogP contribution in [0.5, 0.6) is 0 Å². The van der Waals surface area contributed by atoms with E-state index in [2.05, 4.69) is 31.4 Å². The number of nitrogens with one attached hydrogen (secondary N) is 1. The highest BCUT2D eigenvalue weighted by atomic mass is 32.1. The Hall–Kier alpha value is -3.92. The van der Waals surface area contributed by atoms with Crippen LogP contribution in [0.3, 0.4) is 0 Å². The number of alkyl halides is 1. The van der Waals surface area contributed by atoms with Crippen LogP contribution in [0.4, 0.5) is 10.2 Å². The third-order valence-electron chi connectivity index (χ3n) is 6.36. The zero-order valence-corrected chi connectivity index (χ0v) is 21.0. The number of hydrogen-bond donors (Lipinski definition) is 2. The minimum Gasteiger partial charge on any atom is -0.391 e. The molecule has 4 aromatic rings. The van der Waals surface area contributed by atoms with Gasteiger partial charge in [0.2, 0.25) is 0 Å². The molecule has 1 aliphatic rings. The molecule has 4 heterocycles. The van der Waals surface area contributed by atoms with Gasteiger partial charge in [0.1, 0.15) is 29.6 Å². The Bertz CT molecular complexity index is 1460. The van der Waals surface area contributed by atoms with Crippen LogP contribution in [-0.4, -0.2) is 74.9 Å². The fourth-order valence-electron chi connectivity index (χ4n) is 4.40. The first-order valence-electron chi connectivity index (χ1n) is 11.7. The summed E-state index contributed by atoms with van der Waals surface area (Å²) in [5.41, 5.74) is 4.70. The van der Waals surface area contributed by atoms with E-state index in [1.54, 1.807) is 46.4 Å². The molecule has 37 heavy (non-hydrogen) atoms. The predicted octanol–water partition coefficient (Wildman–Crippen LogP) is 2.24. The number of rotatable bonds is 7. The van der Waals surface area contributed by atoms with E-state index in [1.165, 1.54) is 11.3 Å². The van der Waals surface area contributed by atoms with Crippen molar-refractivity contribution in [2.75, 3.05) is 38.3 Å². The number of carbonyl (C=O) groups is 1. The van der Waals surface area contributed by atoms with Crippen LogP contribution >= 0.6 is 11.3 Å². The third kappa shape index (κ3) is 5.01. The predicted molar refractivity (Wildman–Crippen MR) is 137 cm³/mol. The number of nitrogens with zero attached hydrogens (tertiary/aromatic N) is 7. The van der Waals surface area contributed by atoms with Crippen LogP contribution in [-0.2, 0) is 13.2 Å². The number of likely N-dealkylation sites (N-methyl/N-ethyl adjacent to an activating group) is 1. The van der Waals surface area contributed by atoms with E-state index >= 15 is 0 Å². The zero-order valence-electron chi connectivity index (χ0n) is 20.1. The van der Waals surface area contributed by atoms with Gasteiger partial charge >= 0.3 is 0 Å². The standard InChI is InChI=1S/C25H25FN8O2S/c1-32-6-7-33(18(10-26)13-32)23-9-20(25(36)28-12-17-4-2-16(11-27)3-5-17)30-22-8-19(31-34(22)23)24-21(14-35)37-15-29-24/h2-5,8-9,15,18,35H,6-7,10,12-14H2,1H3,(H,28,36)/t18-/m1/s1. The van der Waals surface area contributed by atoms with E-state index in [4.69, 9.17) is 5.26 Å². The summed E-state index contributed by atoms with van der Waals surface area (Å²) in [5, 5.41) is 26.2. The largest absolute Gasteiger partial charge is 0.391 e. The van der Waals surface area contributed by atoms with Gasteiger partial charge in [-0.3, -0.25) is 4.79 Å². The van der Waals surface area contributed by atoms with Gasteiger partial charge in [-0.1, -0.05) is 12.1 Å². The summed E-state index contributed by atoms with van der Waals surface area (Å²) in [6.07, 6.45) is 0. The first kappa shape index (κ1) is 24.8. The normalized spacial score (nSPS) is 16.2. The minimum absolute atomic E-state index is 0.167. The van der Waals surface area contributed by atoms with E-state index < -0.39 is 12.7 Å². The first-order chi connectivity index (χ1) is 18.0. The highest BCUT2D eigenvalue weighted by Gasteiger charge is 2.29. The summed E-state index contributed by atoms with van der Waals surface area (Å²) >= 11 is 1.33. The molecule has 0 unspecified atom stereocenters. The monoisotopic (exact) mass is 520 g/mol. The van der Waals surface area contributed by atoms with Crippen LogP contribution in [0.15, 0.2) is 41.9 Å². The average Bonchev–Trinajstić information content (AvgIpc) is 3.58. The number of benzene rings is 1. The van der Waals surface area contributed by atoms with Gasteiger partial charge in [-0.2, -0.15) is 14.9 Å². The van der Waals surface area contributed by atoms with E-state index in [0.717, 1.165) is 12.1 Å². The Kier molecular flexibility index (Phi) is 7.09. The van der Waals surface area contributed by atoms with E-state index in [0.29, 0.717) is 46.4 Å². The van der Waals surface area contributed by atoms with Crippen molar-refractivity contribution in [2.24, 2.45) is 0 Å². The Morgan fingerprint density at radius 2 is 2.11 bits per heavy atom. The van der Waals surface area contributed by atoms with Crippen molar-refractivity contribution in [2.45, 2.75) is 19.2 Å². The third-order valence-corrected chi connectivity index (χ3v) is 7.18. The molecule has 10 nitrogen and oxygen atoms in total. The molecule has 190 valence electrons. The molecule has 1 aliphatic heterocycles. The zero-order chi connectivity index (χ0) is 25.9. The number of fused-ring (bicyclic) bond motifs is 1. The number of hydrogen-bond acceptors (Lipinski definition) is 9. The van der Waals surface area contributed by atoms with E-state index in [-0.39, 0.29) is 24.8 Å². The fraction of sp³-hybridized carbons (Fsp3) is 0.320. The summed E-state index contributed by atoms with van der Waals surface area (Å²) in [6.45, 7) is 1.37. The Balaban J connectivity index is 1.52. The van der Waals surface area contributed by atoms with Crippen molar-refractivity contribution in [3.63, 3.8) is 0 Å². The number of nitriles is 1. The Labute approximate surface area is 216 Å². The molecule has 1 amide bonds. The lowest BCUT2D eigenvalue weighted by Gasteiger charge is -2.40. The Morgan fingerprint density at radius 1 is 1.30 bits per heavy atom. The van der Waals surface area contributed by atoms with Crippen LogP contribution in [0.1, 0.15) is 26.5 Å². The second kappa shape index (κ2) is 10.6. The highest BCUT2D eigenvalue weighted by molar-refractivity contribution is 7.10. The summed E-state index contributed by atoms with van der Waals surface area (Å²) in [4.78, 5) is 26.7. The maximum absolute atomic E-state index is 14.1. The number of piperazine rings is 1. The van der Waals surface area contributed by atoms with Gasteiger partial charge in [-0.15, -0.1) is 11.3 Å². The fourth-order valence-corrected chi connectivity index (χ4v) is 5.03. The maximum Gasteiger partial charge on any atom is 0.270 e. The molecule has 1 fully saturated rings. The van der Waals surface area contributed by atoms with Crippen molar-refractivity contribution < 1.29 is 14.3 Å². The number of amides is 1. The van der Waals surface area contributed by atoms with Gasteiger partial charge < -0.3 is 20.2 Å². The molecule has 0 radical (unpaired) electrons. The summed E-state index contributed by atoms with van der Waals surface area (Å²) in [5.74, 6) is 0.183. The molecule has 2 N–H and O–H groups in total. The smallest absolute Gasteiger partial charge is 0.270 e. The summed E-state index contributed by atoms with van der Waals surface area (Å²) in [6, 6.07) is 12.0. The summed E-state index contributed by atoms with van der Waals surface area (Å²) < 4.78 is 15.7. The molecule has 0 aliphatic carbocycles. The van der Waals surface area contributed by atoms with Gasteiger partial charge in [-0.05, 0) is 24.7 Å². The van der Waals surface area contributed by atoms with Crippen molar-refractivity contribution in [3.05, 3.63) is 63.6 Å². The van der Waals surface area contributed by atoms with E-state index in [1.807, 2.05) is 11.9 Å². The molecule has 0 bridgehead atoms. The number of aromatic nitrogens is 4. The van der Waals surface area contributed by atoms with Gasteiger partial charge in [0.25, 0.3) is 5.91 Å². The average molecular weight is 521 g/mol. The number of aliphatic hydroxyl groups excluding tert-OH is 1. The maximum atomic E-state index is 14.1. The van der Waals surface area contributed by atoms with Gasteiger partial charge in [0.05, 0.1) is 34.7 Å². The lowest BCUT2D eigenvalue weighted by Crippen LogP contribution is -2.53. The molecule has 0 spiro atoms. The molecule has 1 saturated heterocycles.